The van der Waals surface area contributed by atoms with Crippen LogP contribution in [-0.2, 0) is 4.79 Å². The lowest BCUT2D eigenvalue weighted by Crippen LogP contribution is -2.10. The van der Waals surface area contributed by atoms with Gasteiger partial charge in [0.15, 0.2) is 17.3 Å². The fourth-order valence-electron chi connectivity index (χ4n) is 1.66. The molecule has 1 N–H and O–H groups in total. The summed E-state index contributed by atoms with van der Waals surface area (Å²) in [5.74, 6) is 0.804. The first-order valence-corrected chi connectivity index (χ1v) is 5.36. The molecule has 0 radical (unpaired) electrons. The van der Waals surface area contributed by atoms with E-state index in [4.69, 9.17) is 9.47 Å². The van der Waals surface area contributed by atoms with Gasteiger partial charge < -0.3 is 14.8 Å². The van der Waals surface area contributed by atoms with Crippen LogP contribution in [0.1, 0.15) is 30.6 Å². The Morgan fingerprint density at radius 2 is 1.94 bits per heavy atom. The SMILES string of the molecule is CCC(=O)c1cc2c(cc1NC(C)=O)OCO2. The molecule has 0 fully saturated rings. The van der Waals surface area contributed by atoms with Crippen LogP contribution >= 0.6 is 0 Å². The normalized spacial score (nSPS) is 12.4. The number of anilines is 1. The third-order valence-electron chi connectivity index (χ3n) is 2.44. The van der Waals surface area contributed by atoms with Crippen molar-refractivity contribution < 1.29 is 19.1 Å². The van der Waals surface area contributed by atoms with E-state index >= 15 is 0 Å². The molecule has 0 saturated carbocycles. The molecule has 0 atom stereocenters. The van der Waals surface area contributed by atoms with Crippen LogP contribution in [0.15, 0.2) is 12.1 Å². The van der Waals surface area contributed by atoms with Gasteiger partial charge in [-0.1, -0.05) is 6.92 Å². The molecule has 1 aromatic rings. The van der Waals surface area contributed by atoms with Gasteiger partial charge in [0.05, 0.1) is 5.69 Å². The Balaban J connectivity index is 2.46. The Bertz CT molecular complexity index is 482. The van der Waals surface area contributed by atoms with Gasteiger partial charge in [-0.15, -0.1) is 0 Å². The highest BCUT2D eigenvalue weighted by Crippen LogP contribution is 2.37. The van der Waals surface area contributed by atoms with Crippen LogP contribution in [0.25, 0.3) is 0 Å². The first-order chi connectivity index (χ1) is 8.11. The van der Waals surface area contributed by atoms with Crippen LogP contribution in [0.3, 0.4) is 0 Å². The Hall–Kier alpha value is -2.04. The number of benzene rings is 1. The molecular weight excluding hydrogens is 222 g/mol. The van der Waals surface area contributed by atoms with Crippen LogP contribution in [0.2, 0.25) is 0 Å². The lowest BCUT2D eigenvalue weighted by molar-refractivity contribution is -0.114. The van der Waals surface area contributed by atoms with Crippen LogP contribution < -0.4 is 14.8 Å². The highest BCUT2D eigenvalue weighted by atomic mass is 16.7. The van der Waals surface area contributed by atoms with E-state index in [9.17, 15) is 9.59 Å². The van der Waals surface area contributed by atoms with Crippen LogP contribution in [-0.4, -0.2) is 18.5 Å². The van der Waals surface area contributed by atoms with Gasteiger partial charge in [-0.25, -0.2) is 0 Å². The van der Waals surface area contributed by atoms with Crippen molar-refractivity contribution in [3.63, 3.8) is 0 Å². The minimum atomic E-state index is -0.228. The van der Waals surface area contributed by atoms with Crippen molar-refractivity contribution in [3.05, 3.63) is 17.7 Å². The molecule has 1 aliphatic rings. The fourth-order valence-corrected chi connectivity index (χ4v) is 1.66. The van der Waals surface area contributed by atoms with E-state index in [0.717, 1.165) is 0 Å². The minimum absolute atomic E-state index is 0.0490. The zero-order valence-electron chi connectivity index (χ0n) is 9.70. The van der Waals surface area contributed by atoms with E-state index in [1.54, 1.807) is 19.1 Å². The third kappa shape index (κ3) is 2.22. The monoisotopic (exact) mass is 235 g/mol. The predicted molar refractivity (Wildman–Crippen MR) is 61.5 cm³/mol. The number of Topliss-reactive ketones (excluding diaryl/α,β-unsaturated/α-hetero) is 1. The standard InChI is InChI=1S/C12H13NO4/c1-3-10(15)8-4-11-12(17-6-16-11)5-9(8)13-7(2)14/h4-5H,3,6H2,1-2H3,(H,13,14). The van der Waals surface area contributed by atoms with E-state index in [0.29, 0.717) is 29.2 Å². The second kappa shape index (κ2) is 4.45. The van der Waals surface area contributed by atoms with Crippen molar-refractivity contribution in [2.24, 2.45) is 0 Å². The number of nitrogens with one attached hydrogen (secondary N) is 1. The molecule has 2 rings (SSSR count). The third-order valence-corrected chi connectivity index (χ3v) is 2.44. The number of hydrogen-bond acceptors (Lipinski definition) is 4. The van der Waals surface area contributed by atoms with Gasteiger partial charge in [-0.3, -0.25) is 9.59 Å². The molecular formula is C12H13NO4. The molecule has 5 heteroatoms. The number of carbonyl (C=O) groups excluding carboxylic acids is 2. The molecule has 0 unspecified atom stereocenters. The van der Waals surface area contributed by atoms with Crippen molar-refractivity contribution in [3.8, 4) is 11.5 Å². The van der Waals surface area contributed by atoms with Gasteiger partial charge in [0.1, 0.15) is 0 Å². The summed E-state index contributed by atoms with van der Waals surface area (Å²) in [6, 6.07) is 3.23. The molecule has 5 nitrogen and oxygen atoms in total. The summed E-state index contributed by atoms with van der Waals surface area (Å²) < 4.78 is 10.4. The van der Waals surface area contributed by atoms with Crippen LogP contribution in [0, 0.1) is 0 Å². The van der Waals surface area contributed by atoms with Gasteiger partial charge in [-0.05, 0) is 6.07 Å². The fraction of sp³-hybridized carbons (Fsp3) is 0.333. The number of carbonyl (C=O) groups is 2. The van der Waals surface area contributed by atoms with Gasteiger partial charge in [0, 0.05) is 25.0 Å². The van der Waals surface area contributed by atoms with Crippen molar-refractivity contribution in [1.29, 1.82) is 0 Å². The Morgan fingerprint density at radius 3 is 2.53 bits per heavy atom. The summed E-state index contributed by atoms with van der Waals surface area (Å²) in [6.45, 7) is 3.30. The molecule has 0 bridgehead atoms. The summed E-state index contributed by atoms with van der Waals surface area (Å²) in [7, 11) is 0. The number of hydrogen-bond donors (Lipinski definition) is 1. The maximum Gasteiger partial charge on any atom is 0.231 e. The number of amides is 1. The molecule has 1 heterocycles. The quantitative estimate of drug-likeness (QED) is 0.813. The first-order valence-electron chi connectivity index (χ1n) is 5.36. The lowest BCUT2D eigenvalue weighted by atomic mass is 10.1. The Kier molecular flexibility index (Phi) is 2.99. The second-order valence-electron chi connectivity index (χ2n) is 3.71. The number of fused-ring (bicyclic) bond motifs is 1. The summed E-state index contributed by atoms with van der Waals surface area (Å²) in [5.41, 5.74) is 0.917. The largest absolute Gasteiger partial charge is 0.454 e. The van der Waals surface area contributed by atoms with E-state index in [1.807, 2.05) is 0 Å². The molecule has 90 valence electrons. The molecule has 0 aromatic heterocycles. The number of rotatable bonds is 3. The smallest absolute Gasteiger partial charge is 0.231 e. The topological polar surface area (TPSA) is 64.6 Å². The molecule has 0 aliphatic carbocycles. The average Bonchev–Trinajstić information content (AvgIpc) is 2.73. The summed E-state index contributed by atoms with van der Waals surface area (Å²) in [5, 5.41) is 2.62. The first kappa shape index (κ1) is 11.4. The minimum Gasteiger partial charge on any atom is -0.454 e. The lowest BCUT2D eigenvalue weighted by Gasteiger charge is -2.09. The maximum absolute atomic E-state index is 11.8. The zero-order valence-corrected chi connectivity index (χ0v) is 9.70. The van der Waals surface area contributed by atoms with Gasteiger partial charge in [-0.2, -0.15) is 0 Å². The zero-order chi connectivity index (χ0) is 12.4. The molecule has 1 aliphatic heterocycles. The summed E-state index contributed by atoms with van der Waals surface area (Å²) in [4.78, 5) is 22.8. The number of ketones is 1. The molecule has 1 aromatic carbocycles. The highest BCUT2D eigenvalue weighted by Gasteiger charge is 2.20. The van der Waals surface area contributed by atoms with Gasteiger partial charge in [0.2, 0.25) is 12.7 Å². The molecule has 17 heavy (non-hydrogen) atoms. The van der Waals surface area contributed by atoms with Crippen molar-refractivity contribution in [1.82, 2.24) is 0 Å². The van der Waals surface area contributed by atoms with Crippen molar-refractivity contribution in [2.75, 3.05) is 12.1 Å². The van der Waals surface area contributed by atoms with Crippen LogP contribution in [0.4, 0.5) is 5.69 Å². The van der Waals surface area contributed by atoms with Crippen molar-refractivity contribution in [2.45, 2.75) is 20.3 Å². The van der Waals surface area contributed by atoms with Gasteiger partial charge in [0.25, 0.3) is 0 Å². The van der Waals surface area contributed by atoms with Gasteiger partial charge >= 0.3 is 0 Å². The molecule has 1 amide bonds. The highest BCUT2D eigenvalue weighted by molar-refractivity contribution is 6.05. The predicted octanol–water partition coefficient (Wildman–Crippen LogP) is 1.97. The maximum atomic E-state index is 11.8. The second-order valence-corrected chi connectivity index (χ2v) is 3.71. The Labute approximate surface area is 98.7 Å². The van der Waals surface area contributed by atoms with E-state index in [-0.39, 0.29) is 18.5 Å². The van der Waals surface area contributed by atoms with E-state index < -0.39 is 0 Å². The number of ether oxygens (including phenoxy) is 2. The summed E-state index contributed by atoms with van der Waals surface area (Å²) >= 11 is 0. The van der Waals surface area contributed by atoms with Crippen LogP contribution in [0.5, 0.6) is 11.5 Å². The molecule has 0 spiro atoms. The molecule has 0 saturated heterocycles. The Morgan fingerprint density at radius 1 is 1.29 bits per heavy atom. The van der Waals surface area contributed by atoms with E-state index in [1.165, 1.54) is 6.92 Å². The summed E-state index contributed by atoms with van der Waals surface area (Å²) in [6.07, 6.45) is 0.367. The van der Waals surface area contributed by atoms with Crippen molar-refractivity contribution >= 4 is 17.4 Å². The van der Waals surface area contributed by atoms with E-state index in [2.05, 4.69) is 5.32 Å². The average molecular weight is 235 g/mol.